The molecule has 0 bridgehead atoms. The summed E-state index contributed by atoms with van der Waals surface area (Å²) in [6, 6.07) is 8.82. The maximum absolute atomic E-state index is 12.2. The predicted molar refractivity (Wildman–Crippen MR) is 70.0 cm³/mol. The molecule has 1 amide bonds. The van der Waals surface area contributed by atoms with Gasteiger partial charge in [0.25, 0.3) is 5.91 Å². The Morgan fingerprint density at radius 1 is 1.35 bits per heavy atom. The van der Waals surface area contributed by atoms with Crippen LogP contribution < -0.4 is 10.6 Å². The fraction of sp³-hybridized carbons (Fsp3) is 0.0833. The standard InChI is InChI=1S/C12H11BrN2O2/c1-15(10-5-3-2-4-9(10)14)12(16)8-6-7-17-11(8)13/h2-7H,14H2,1H3. The molecule has 0 aliphatic heterocycles. The molecule has 2 N–H and O–H groups in total. The van der Waals surface area contributed by atoms with E-state index in [0.717, 1.165) is 0 Å². The number of nitrogens with two attached hydrogens (primary N) is 1. The number of nitrogens with zero attached hydrogens (tertiary/aromatic N) is 1. The molecule has 1 heterocycles. The second kappa shape index (κ2) is 4.63. The molecule has 0 saturated heterocycles. The number of hydrogen-bond acceptors (Lipinski definition) is 3. The van der Waals surface area contributed by atoms with E-state index in [9.17, 15) is 4.79 Å². The summed E-state index contributed by atoms with van der Waals surface area (Å²) in [6.07, 6.45) is 1.46. The van der Waals surface area contributed by atoms with Crippen LogP contribution >= 0.6 is 15.9 Å². The van der Waals surface area contributed by atoms with Gasteiger partial charge in [-0.2, -0.15) is 0 Å². The summed E-state index contributed by atoms with van der Waals surface area (Å²) in [4.78, 5) is 13.7. The normalized spacial score (nSPS) is 10.2. The average Bonchev–Trinajstić information content (AvgIpc) is 2.74. The molecule has 88 valence electrons. The number of carbonyl (C=O) groups is 1. The van der Waals surface area contributed by atoms with E-state index in [1.807, 2.05) is 12.1 Å². The lowest BCUT2D eigenvalue weighted by atomic mass is 10.2. The number of furan rings is 1. The van der Waals surface area contributed by atoms with Crippen LogP contribution in [0.15, 0.2) is 45.7 Å². The Hall–Kier alpha value is -1.75. The molecule has 0 aliphatic rings. The zero-order valence-corrected chi connectivity index (χ0v) is 10.8. The van der Waals surface area contributed by atoms with Gasteiger partial charge < -0.3 is 15.1 Å². The molecular weight excluding hydrogens is 284 g/mol. The Morgan fingerprint density at radius 3 is 2.65 bits per heavy atom. The molecular formula is C12H11BrN2O2. The molecule has 2 rings (SSSR count). The van der Waals surface area contributed by atoms with Gasteiger partial charge in [0, 0.05) is 7.05 Å². The first-order valence-electron chi connectivity index (χ1n) is 4.97. The molecule has 17 heavy (non-hydrogen) atoms. The van der Waals surface area contributed by atoms with Gasteiger partial charge in [-0.25, -0.2) is 0 Å². The van der Waals surface area contributed by atoms with Crippen LogP contribution in [0.25, 0.3) is 0 Å². The Bertz CT molecular complexity index is 551. The first-order chi connectivity index (χ1) is 8.11. The van der Waals surface area contributed by atoms with Crippen molar-refractivity contribution in [3.63, 3.8) is 0 Å². The Balaban J connectivity index is 2.33. The van der Waals surface area contributed by atoms with Crippen molar-refractivity contribution in [2.24, 2.45) is 0 Å². The molecule has 5 heteroatoms. The third kappa shape index (κ3) is 2.19. The number of carbonyl (C=O) groups excluding carboxylic acids is 1. The van der Waals surface area contributed by atoms with E-state index in [1.165, 1.54) is 11.2 Å². The monoisotopic (exact) mass is 294 g/mol. The van der Waals surface area contributed by atoms with Crippen molar-refractivity contribution in [2.45, 2.75) is 0 Å². The molecule has 1 aromatic carbocycles. The zero-order chi connectivity index (χ0) is 12.4. The lowest BCUT2D eigenvalue weighted by Crippen LogP contribution is -2.26. The minimum Gasteiger partial charge on any atom is -0.457 e. The van der Waals surface area contributed by atoms with E-state index < -0.39 is 0 Å². The van der Waals surface area contributed by atoms with E-state index in [0.29, 0.717) is 21.6 Å². The van der Waals surface area contributed by atoms with Gasteiger partial charge in [-0.15, -0.1) is 0 Å². The largest absolute Gasteiger partial charge is 0.457 e. The third-order valence-corrected chi connectivity index (χ3v) is 3.07. The van der Waals surface area contributed by atoms with E-state index in [2.05, 4.69) is 15.9 Å². The lowest BCUT2D eigenvalue weighted by molar-refractivity contribution is 0.0991. The first kappa shape index (κ1) is 11.7. The number of benzene rings is 1. The molecule has 4 nitrogen and oxygen atoms in total. The van der Waals surface area contributed by atoms with Gasteiger partial charge >= 0.3 is 0 Å². The molecule has 2 aromatic rings. The van der Waals surface area contributed by atoms with Crippen LogP contribution in [-0.4, -0.2) is 13.0 Å². The molecule has 0 saturated carbocycles. The van der Waals surface area contributed by atoms with Crippen LogP contribution in [0.3, 0.4) is 0 Å². The summed E-state index contributed by atoms with van der Waals surface area (Å²) in [5.41, 5.74) is 7.52. The van der Waals surface area contributed by atoms with Crippen molar-refractivity contribution < 1.29 is 9.21 Å². The number of para-hydroxylation sites is 2. The van der Waals surface area contributed by atoms with Crippen LogP contribution in [0, 0.1) is 0 Å². The van der Waals surface area contributed by atoms with Gasteiger partial charge in [-0.1, -0.05) is 12.1 Å². The lowest BCUT2D eigenvalue weighted by Gasteiger charge is -2.18. The highest BCUT2D eigenvalue weighted by Crippen LogP contribution is 2.25. The Kier molecular flexibility index (Phi) is 3.19. The highest BCUT2D eigenvalue weighted by atomic mass is 79.9. The fourth-order valence-electron chi connectivity index (χ4n) is 1.53. The third-order valence-electron chi connectivity index (χ3n) is 2.45. The van der Waals surface area contributed by atoms with Gasteiger partial charge in [0.2, 0.25) is 0 Å². The maximum Gasteiger partial charge on any atom is 0.262 e. The predicted octanol–water partition coefficient (Wildman–Crippen LogP) is 2.90. The number of nitrogen functional groups attached to an aromatic ring is 1. The second-order valence-electron chi connectivity index (χ2n) is 3.53. The number of amides is 1. The van der Waals surface area contributed by atoms with Crippen LogP contribution in [-0.2, 0) is 0 Å². The van der Waals surface area contributed by atoms with Crippen molar-refractivity contribution in [2.75, 3.05) is 17.7 Å². The van der Waals surface area contributed by atoms with Gasteiger partial charge in [0.15, 0.2) is 4.67 Å². The summed E-state index contributed by atoms with van der Waals surface area (Å²) in [5.74, 6) is -0.177. The van der Waals surface area contributed by atoms with Crippen molar-refractivity contribution in [3.05, 3.63) is 46.8 Å². The van der Waals surface area contributed by atoms with Crippen molar-refractivity contribution in [3.8, 4) is 0 Å². The fourth-order valence-corrected chi connectivity index (χ4v) is 1.94. The van der Waals surface area contributed by atoms with Crippen molar-refractivity contribution >= 4 is 33.2 Å². The number of hydrogen-bond donors (Lipinski definition) is 1. The number of rotatable bonds is 2. The Morgan fingerprint density at radius 2 is 2.06 bits per heavy atom. The van der Waals surface area contributed by atoms with Crippen LogP contribution in [0.4, 0.5) is 11.4 Å². The van der Waals surface area contributed by atoms with Gasteiger partial charge in [0.1, 0.15) is 0 Å². The molecule has 0 aliphatic carbocycles. The van der Waals surface area contributed by atoms with Crippen molar-refractivity contribution in [1.29, 1.82) is 0 Å². The topological polar surface area (TPSA) is 59.5 Å². The van der Waals surface area contributed by atoms with E-state index in [-0.39, 0.29) is 5.91 Å². The smallest absolute Gasteiger partial charge is 0.262 e. The SMILES string of the molecule is CN(C(=O)c1ccoc1Br)c1ccccc1N. The zero-order valence-electron chi connectivity index (χ0n) is 9.18. The number of anilines is 2. The second-order valence-corrected chi connectivity index (χ2v) is 4.25. The van der Waals surface area contributed by atoms with Crippen LogP contribution in [0.2, 0.25) is 0 Å². The summed E-state index contributed by atoms with van der Waals surface area (Å²) >= 11 is 3.18. The molecule has 0 fully saturated rings. The van der Waals surface area contributed by atoms with Gasteiger partial charge in [0.05, 0.1) is 23.2 Å². The minimum absolute atomic E-state index is 0.177. The highest BCUT2D eigenvalue weighted by molar-refractivity contribution is 9.10. The molecule has 0 unspecified atom stereocenters. The van der Waals surface area contributed by atoms with Gasteiger partial charge in [-0.05, 0) is 34.1 Å². The molecule has 0 atom stereocenters. The molecule has 1 aromatic heterocycles. The summed E-state index contributed by atoms with van der Waals surface area (Å²) in [6.45, 7) is 0. The molecule has 0 spiro atoms. The van der Waals surface area contributed by atoms with E-state index >= 15 is 0 Å². The molecule has 0 radical (unpaired) electrons. The van der Waals surface area contributed by atoms with Crippen LogP contribution in [0.5, 0.6) is 0 Å². The summed E-state index contributed by atoms with van der Waals surface area (Å²) < 4.78 is 5.46. The van der Waals surface area contributed by atoms with E-state index in [1.54, 1.807) is 25.2 Å². The van der Waals surface area contributed by atoms with E-state index in [4.69, 9.17) is 10.2 Å². The minimum atomic E-state index is -0.177. The summed E-state index contributed by atoms with van der Waals surface area (Å²) in [7, 11) is 1.67. The van der Waals surface area contributed by atoms with Gasteiger partial charge in [-0.3, -0.25) is 4.79 Å². The average molecular weight is 295 g/mol. The van der Waals surface area contributed by atoms with Crippen LogP contribution in [0.1, 0.15) is 10.4 Å². The highest BCUT2D eigenvalue weighted by Gasteiger charge is 2.19. The quantitative estimate of drug-likeness (QED) is 0.867. The van der Waals surface area contributed by atoms with Crippen molar-refractivity contribution in [1.82, 2.24) is 0 Å². The Labute approximate surface area is 107 Å². The first-order valence-corrected chi connectivity index (χ1v) is 5.76. The maximum atomic E-state index is 12.2. The number of halogens is 1. The summed E-state index contributed by atoms with van der Waals surface area (Å²) in [5, 5.41) is 0.